The van der Waals surface area contributed by atoms with Crippen LogP contribution in [-0.4, -0.2) is 49.6 Å². The lowest BCUT2D eigenvalue weighted by Crippen LogP contribution is -2.50. The lowest BCUT2D eigenvalue weighted by molar-refractivity contribution is 0.167. The molecule has 1 aromatic rings. The van der Waals surface area contributed by atoms with Gasteiger partial charge >= 0.3 is 0 Å². The third-order valence-corrected chi connectivity index (χ3v) is 4.52. The number of nitrogens with one attached hydrogen (secondary N) is 2. The van der Waals surface area contributed by atoms with Crippen molar-refractivity contribution >= 4 is 5.96 Å². The zero-order valence-electron chi connectivity index (χ0n) is 14.8. The molecule has 0 aliphatic carbocycles. The fraction of sp³-hybridized carbons (Fsp3) is 0.611. The van der Waals surface area contributed by atoms with E-state index in [9.17, 15) is 8.78 Å². The Balaban J connectivity index is 1.76. The van der Waals surface area contributed by atoms with Gasteiger partial charge in [0.05, 0.1) is 0 Å². The van der Waals surface area contributed by atoms with Crippen LogP contribution < -0.4 is 10.6 Å². The minimum atomic E-state index is -0.411. The monoisotopic (exact) mass is 338 g/mol. The predicted octanol–water partition coefficient (Wildman–Crippen LogP) is 2.55. The fourth-order valence-corrected chi connectivity index (χ4v) is 3.00. The maximum atomic E-state index is 13.6. The first kappa shape index (κ1) is 18.6. The quantitative estimate of drug-likeness (QED) is 0.640. The fourth-order valence-electron chi connectivity index (χ4n) is 3.00. The summed E-state index contributed by atoms with van der Waals surface area (Å²) in [5.74, 6) is -0.0668. The summed E-state index contributed by atoms with van der Waals surface area (Å²) in [6, 6.07) is 4.53. The van der Waals surface area contributed by atoms with Crippen molar-refractivity contribution in [2.75, 3.05) is 26.7 Å². The van der Waals surface area contributed by atoms with Crippen LogP contribution in [0.4, 0.5) is 8.78 Å². The number of likely N-dealkylation sites (tertiary alicyclic amines) is 1. The number of benzene rings is 1. The van der Waals surface area contributed by atoms with Gasteiger partial charge in [0.25, 0.3) is 0 Å². The van der Waals surface area contributed by atoms with Gasteiger partial charge in [-0.2, -0.15) is 0 Å². The Morgan fingerprint density at radius 2 is 2.00 bits per heavy atom. The average Bonchev–Trinajstić information content (AvgIpc) is 2.57. The highest BCUT2D eigenvalue weighted by atomic mass is 19.1. The molecule has 1 fully saturated rings. The Bertz CT molecular complexity index is 552. The smallest absolute Gasteiger partial charge is 0.191 e. The maximum Gasteiger partial charge on any atom is 0.191 e. The molecule has 6 heteroatoms. The number of hydrogen-bond donors (Lipinski definition) is 2. The second-order valence-electron chi connectivity index (χ2n) is 6.53. The van der Waals surface area contributed by atoms with Gasteiger partial charge in [-0.25, -0.2) is 8.78 Å². The van der Waals surface area contributed by atoms with Gasteiger partial charge in [0.1, 0.15) is 11.6 Å². The molecule has 0 amide bonds. The molecule has 0 radical (unpaired) electrons. The summed E-state index contributed by atoms with van der Waals surface area (Å²) in [6.45, 7) is 7.12. The topological polar surface area (TPSA) is 39.7 Å². The molecule has 0 aromatic heterocycles. The number of hydrogen-bond acceptors (Lipinski definition) is 2. The second-order valence-corrected chi connectivity index (χ2v) is 6.53. The largest absolute Gasteiger partial charge is 0.356 e. The molecule has 2 N–H and O–H groups in total. The van der Waals surface area contributed by atoms with Crippen molar-refractivity contribution in [3.8, 4) is 0 Å². The molecule has 0 bridgehead atoms. The Labute approximate surface area is 143 Å². The molecule has 2 rings (SSSR count). The van der Waals surface area contributed by atoms with Gasteiger partial charge in [0.15, 0.2) is 5.96 Å². The predicted molar refractivity (Wildman–Crippen MR) is 94.3 cm³/mol. The molecule has 0 unspecified atom stereocenters. The van der Waals surface area contributed by atoms with E-state index < -0.39 is 5.82 Å². The molecule has 134 valence electrons. The van der Waals surface area contributed by atoms with Crippen molar-refractivity contribution in [2.24, 2.45) is 4.99 Å². The Kier molecular flexibility index (Phi) is 6.97. The maximum absolute atomic E-state index is 13.6. The summed E-state index contributed by atoms with van der Waals surface area (Å²) < 4.78 is 26.8. The third kappa shape index (κ3) is 5.44. The second kappa shape index (κ2) is 8.97. The summed E-state index contributed by atoms with van der Waals surface area (Å²) in [5, 5.41) is 6.60. The highest BCUT2D eigenvalue weighted by Crippen LogP contribution is 2.13. The van der Waals surface area contributed by atoms with Gasteiger partial charge in [0.2, 0.25) is 0 Å². The van der Waals surface area contributed by atoms with E-state index in [1.807, 2.05) is 0 Å². The lowest BCUT2D eigenvalue weighted by atomic mass is 10.0. The van der Waals surface area contributed by atoms with Crippen molar-refractivity contribution in [3.05, 3.63) is 35.4 Å². The lowest BCUT2D eigenvalue weighted by Gasteiger charge is -2.35. The van der Waals surface area contributed by atoms with Gasteiger partial charge in [-0.15, -0.1) is 0 Å². The van der Waals surface area contributed by atoms with E-state index in [2.05, 4.69) is 34.4 Å². The minimum Gasteiger partial charge on any atom is -0.356 e. The van der Waals surface area contributed by atoms with Crippen molar-refractivity contribution < 1.29 is 8.78 Å². The summed E-state index contributed by atoms with van der Waals surface area (Å²) in [7, 11) is 1.72. The number of piperidine rings is 1. The van der Waals surface area contributed by atoms with Crippen LogP contribution in [0.3, 0.4) is 0 Å². The zero-order chi connectivity index (χ0) is 17.5. The first-order valence-electron chi connectivity index (χ1n) is 8.64. The zero-order valence-corrected chi connectivity index (χ0v) is 14.8. The summed E-state index contributed by atoms with van der Waals surface area (Å²) in [5.41, 5.74) is 0.378. The Morgan fingerprint density at radius 1 is 1.29 bits per heavy atom. The van der Waals surface area contributed by atoms with Crippen LogP contribution in [0.5, 0.6) is 0 Å². The molecule has 1 aliphatic heterocycles. The van der Waals surface area contributed by atoms with Crippen LogP contribution >= 0.6 is 0 Å². The van der Waals surface area contributed by atoms with Crippen LogP contribution in [-0.2, 0) is 6.42 Å². The standard InChI is InChI=1S/C18H28F2N4/c1-13(2)24-10-7-16(8-11-24)23-18(21-3)22-9-6-14-12-15(19)4-5-17(14)20/h4-5,12-13,16H,6-11H2,1-3H3,(H2,21,22,23). The number of halogens is 2. The van der Waals surface area contributed by atoms with Crippen LogP contribution in [0.2, 0.25) is 0 Å². The molecule has 0 atom stereocenters. The van der Waals surface area contributed by atoms with Gasteiger partial charge < -0.3 is 15.5 Å². The van der Waals surface area contributed by atoms with Gasteiger partial charge in [-0.1, -0.05) is 0 Å². The first-order valence-corrected chi connectivity index (χ1v) is 8.64. The highest BCUT2D eigenvalue weighted by molar-refractivity contribution is 5.79. The van der Waals surface area contributed by atoms with E-state index in [0.717, 1.165) is 38.0 Å². The molecule has 4 nitrogen and oxygen atoms in total. The van der Waals surface area contributed by atoms with E-state index in [1.54, 1.807) is 7.05 Å². The van der Waals surface area contributed by atoms with Crippen molar-refractivity contribution in [3.63, 3.8) is 0 Å². The molecular formula is C18H28F2N4. The number of nitrogens with zero attached hydrogens (tertiary/aromatic N) is 2. The van der Waals surface area contributed by atoms with E-state index >= 15 is 0 Å². The summed E-state index contributed by atoms with van der Waals surface area (Å²) in [6.07, 6.45) is 2.57. The molecule has 1 aromatic carbocycles. The highest BCUT2D eigenvalue weighted by Gasteiger charge is 2.21. The minimum absolute atomic E-state index is 0.373. The summed E-state index contributed by atoms with van der Waals surface area (Å²) in [4.78, 5) is 6.69. The van der Waals surface area contributed by atoms with Gasteiger partial charge in [0, 0.05) is 38.8 Å². The number of aliphatic imine (C=N–C) groups is 1. The summed E-state index contributed by atoms with van der Waals surface area (Å²) >= 11 is 0. The van der Waals surface area contributed by atoms with Crippen LogP contribution in [0.1, 0.15) is 32.3 Å². The molecule has 1 heterocycles. The average molecular weight is 338 g/mol. The van der Waals surface area contributed by atoms with Crippen molar-refractivity contribution in [2.45, 2.75) is 45.2 Å². The normalized spacial score (nSPS) is 17.3. The van der Waals surface area contributed by atoms with Crippen molar-refractivity contribution in [1.82, 2.24) is 15.5 Å². The van der Waals surface area contributed by atoms with Crippen LogP contribution in [0.25, 0.3) is 0 Å². The van der Waals surface area contributed by atoms with Gasteiger partial charge in [-0.3, -0.25) is 4.99 Å². The van der Waals surface area contributed by atoms with Gasteiger partial charge in [-0.05, 0) is 56.9 Å². The van der Waals surface area contributed by atoms with Crippen LogP contribution in [0.15, 0.2) is 23.2 Å². The van der Waals surface area contributed by atoms with Crippen LogP contribution in [0, 0.1) is 11.6 Å². The molecular weight excluding hydrogens is 310 g/mol. The van der Waals surface area contributed by atoms with E-state index in [0.29, 0.717) is 30.6 Å². The molecule has 1 saturated heterocycles. The van der Waals surface area contributed by atoms with E-state index in [1.165, 1.54) is 12.1 Å². The Morgan fingerprint density at radius 3 is 2.62 bits per heavy atom. The molecule has 24 heavy (non-hydrogen) atoms. The molecule has 0 spiro atoms. The van der Waals surface area contributed by atoms with E-state index in [4.69, 9.17) is 0 Å². The molecule has 1 aliphatic rings. The first-order chi connectivity index (χ1) is 11.5. The number of rotatable bonds is 5. The number of guanidine groups is 1. The van der Waals surface area contributed by atoms with E-state index in [-0.39, 0.29) is 5.82 Å². The molecule has 0 saturated carbocycles. The SMILES string of the molecule is CN=C(NCCc1cc(F)ccc1F)NC1CCN(C(C)C)CC1. The van der Waals surface area contributed by atoms with Crippen molar-refractivity contribution in [1.29, 1.82) is 0 Å². The Hall–Kier alpha value is -1.69. The third-order valence-electron chi connectivity index (χ3n) is 4.52.